The first kappa shape index (κ1) is 21.4. The predicted octanol–water partition coefficient (Wildman–Crippen LogP) is 2.79. The Labute approximate surface area is 202 Å². The summed E-state index contributed by atoms with van der Waals surface area (Å²) in [6.07, 6.45) is 8.69. The number of aryl methyl sites for hydroxylation is 3. The first-order chi connectivity index (χ1) is 17.1. The second-order valence-electron chi connectivity index (χ2n) is 8.50. The molecule has 5 aromatic rings. The van der Waals surface area contributed by atoms with Crippen LogP contribution in [0.5, 0.6) is 0 Å². The average Bonchev–Trinajstić information content (AvgIpc) is 3.47. The predicted molar refractivity (Wildman–Crippen MR) is 133 cm³/mol. The van der Waals surface area contributed by atoms with Crippen LogP contribution in [0.4, 0.5) is 5.69 Å². The highest BCUT2D eigenvalue weighted by Gasteiger charge is 2.20. The zero-order valence-electron chi connectivity index (χ0n) is 18.7. The molecule has 1 aliphatic rings. The number of nitrogens with one attached hydrogen (secondary N) is 2. The van der Waals surface area contributed by atoms with Crippen LogP contribution in [0.25, 0.3) is 26.9 Å². The normalized spacial score (nSPS) is 13.3. The van der Waals surface area contributed by atoms with Crippen LogP contribution in [0.3, 0.4) is 0 Å². The largest absolute Gasteiger partial charge is 0.326 e. The Balaban J connectivity index is 1.15. The molecule has 0 fully saturated rings. The number of benzene rings is 1. The van der Waals surface area contributed by atoms with Gasteiger partial charge in [0, 0.05) is 23.5 Å². The summed E-state index contributed by atoms with van der Waals surface area (Å²) in [7, 11) is 0. The van der Waals surface area contributed by atoms with Crippen molar-refractivity contribution in [3.63, 3.8) is 0 Å². The summed E-state index contributed by atoms with van der Waals surface area (Å²) >= 11 is 1.62. The van der Waals surface area contributed by atoms with E-state index in [2.05, 4.69) is 25.4 Å². The molecule has 1 amide bonds. The van der Waals surface area contributed by atoms with Gasteiger partial charge in [0.15, 0.2) is 5.65 Å². The van der Waals surface area contributed by atoms with Crippen molar-refractivity contribution in [3.8, 4) is 5.69 Å². The Morgan fingerprint density at radius 1 is 1.11 bits per heavy atom. The monoisotopic (exact) mass is 487 g/mol. The summed E-state index contributed by atoms with van der Waals surface area (Å²) in [4.78, 5) is 50.8. The van der Waals surface area contributed by atoms with E-state index in [9.17, 15) is 14.4 Å². The highest BCUT2D eigenvalue weighted by Crippen LogP contribution is 2.33. The van der Waals surface area contributed by atoms with Crippen molar-refractivity contribution < 1.29 is 4.79 Å². The molecule has 11 heteroatoms. The van der Waals surface area contributed by atoms with Gasteiger partial charge < -0.3 is 10.3 Å². The van der Waals surface area contributed by atoms with Crippen molar-refractivity contribution in [1.29, 1.82) is 0 Å². The van der Waals surface area contributed by atoms with Gasteiger partial charge in [0.25, 0.3) is 11.1 Å². The lowest BCUT2D eigenvalue weighted by atomic mass is 9.97. The zero-order chi connectivity index (χ0) is 23.9. The van der Waals surface area contributed by atoms with Crippen molar-refractivity contribution in [2.75, 3.05) is 5.32 Å². The van der Waals surface area contributed by atoms with E-state index in [0.29, 0.717) is 22.4 Å². The molecule has 0 bridgehead atoms. The third kappa shape index (κ3) is 3.83. The fourth-order valence-electron chi connectivity index (χ4n) is 4.52. The minimum atomic E-state index is -0.252. The van der Waals surface area contributed by atoms with Crippen molar-refractivity contribution >= 4 is 44.2 Å². The highest BCUT2D eigenvalue weighted by atomic mass is 32.1. The number of thiophene rings is 1. The Morgan fingerprint density at radius 3 is 2.80 bits per heavy atom. The topological polar surface area (TPSA) is 128 Å². The maximum absolute atomic E-state index is 13.1. The number of rotatable bonds is 5. The van der Waals surface area contributed by atoms with Gasteiger partial charge in [0.1, 0.15) is 10.2 Å². The molecule has 35 heavy (non-hydrogen) atoms. The molecule has 2 N–H and O–H groups in total. The number of hydrogen-bond acceptors (Lipinski definition) is 7. The van der Waals surface area contributed by atoms with Gasteiger partial charge in [-0.3, -0.25) is 19.0 Å². The van der Waals surface area contributed by atoms with Gasteiger partial charge in [0.05, 0.1) is 29.9 Å². The van der Waals surface area contributed by atoms with E-state index in [4.69, 9.17) is 0 Å². The van der Waals surface area contributed by atoms with Crippen molar-refractivity contribution in [3.05, 3.63) is 74.3 Å². The number of carbonyl (C=O) groups is 1. The molecule has 0 aliphatic heterocycles. The van der Waals surface area contributed by atoms with Gasteiger partial charge in [-0.15, -0.1) is 11.3 Å². The molecule has 0 spiro atoms. The van der Waals surface area contributed by atoms with Crippen molar-refractivity contribution in [2.45, 2.75) is 38.6 Å². The second-order valence-corrected chi connectivity index (χ2v) is 9.59. The van der Waals surface area contributed by atoms with E-state index < -0.39 is 0 Å². The van der Waals surface area contributed by atoms with Crippen LogP contribution < -0.4 is 16.4 Å². The fraction of sp³-hybridized carbons (Fsp3) is 0.250. The first-order valence-electron chi connectivity index (χ1n) is 11.4. The average molecular weight is 488 g/mol. The molecule has 0 saturated heterocycles. The van der Waals surface area contributed by atoms with Crippen LogP contribution >= 0.6 is 11.3 Å². The Hall–Kier alpha value is -4.12. The summed E-state index contributed by atoms with van der Waals surface area (Å²) < 4.78 is 3.10. The maximum Gasteiger partial charge on any atom is 0.262 e. The van der Waals surface area contributed by atoms with Crippen LogP contribution in [0.15, 0.2) is 52.7 Å². The van der Waals surface area contributed by atoms with Gasteiger partial charge in [-0.25, -0.2) is 14.6 Å². The van der Waals surface area contributed by atoms with Crippen LogP contribution in [0, 0.1) is 0 Å². The quantitative estimate of drug-likeness (QED) is 0.392. The minimum absolute atomic E-state index is 0.0644. The van der Waals surface area contributed by atoms with Gasteiger partial charge in [-0.2, -0.15) is 5.10 Å². The number of nitrogens with zero attached hydrogens (tertiary/aromatic N) is 5. The summed E-state index contributed by atoms with van der Waals surface area (Å²) in [5.74, 6) is -0.199. The van der Waals surface area contributed by atoms with Crippen molar-refractivity contribution in [2.24, 2.45) is 0 Å². The summed E-state index contributed by atoms with van der Waals surface area (Å²) in [6.45, 7) is 0.260. The number of anilines is 1. The summed E-state index contributed by atoms with van der Waals surface area (Å²) in [6, 6.07) is 7.08. The number of amides is 1. The van der Waals surface area contributed by atoms with E-state index in [0.717, 1.165) is 41.5 Å². The van der Waals surface area contributed by atoms with Crippen LogP contribution in [0.2, 0.25) is 0 Å². The molecule has 176 valence electrons. The maximum atomic E-state index is 13.1. The lowest BCUT2D eigenvalue weighted by molar-refractivity contribution is -0.116. The second kappa shape index (κ2) is 8.58. The SMILES string of the molecule is O=C(CCn1cnc2sc3c(c2c1=O)CCCC3)Nc1ccc(-n2ncc3c(=O)[nH]cnc32)cc1. The van der Waals surface area contributed by atoms with E-state index in [1.165, 1.54) is 22.0 Å². The summed E-state index contributed by atoms with van der Waals surface area (Å²) in [5, 5.41) is 8.23. The van der Waals surface area contributed by atoms with Crippen LogP contribution in [-0.2, 0) is 24.2 Å². The molecule has 1 aliphatic carbocycles. The van der Waals surface area contributed by atoms with Crippen LogP contribution in [0.1, 0.15) is 29.7 Å². The Bertz CT molecular complexity index is 1690. The number of hydrogen-bond donors (Lipinski definition) is 2. The van der Waals surface area contributed by atoms with E-state index in [1.807, 2.05) is 0 Å². The van der Waals surface area contributed by atoms with Crippen LogP contribution in [-0.4, -0.2) is 35.2 Å². The smallest absolute Gasteiger partial charge is 0.262 e. The van der Waals surface area contributed by atoms with Gasteiger partial charge in [0.2, 0.25) is 5.91 Å². The molecule has 0 unspecified atom stereocenters. The molecule has 0 saturated carbocycles. The molecule has 4 heterocycles. The number of aromatic amines is 1. The lowest BCUT2D eigenvalue weighted by Gasteiger charge is -2.11. The molecule has 4 aromatic heterocycles. The third-order valence-corrected chi connectivity index (χ3v) is 7.49. The number of H-pyrrole nitrogens is 1. The first-order valence-corrected chi connectivity index (χ1v) is 12.2. The fourth-order valence-corrected chi connectivity index (χ4v) is 5.74. The van der Waals surface area contributed by atoms with Gasteiger partial charge >= 0.3 is 0 Å². The molecule has 1 aromatic carbocycles. The van der Waals surface area contributed by atoms with E-state index in [-0.39, 0.29) is 30.0 Å². The van der Waals surface area contributed by atoms with Crippen molar-refractivity contribution in [1.82, 2.24) is 29.3 Å². The summed E-state index contributed by atoms with van der Waals surface area (Å²) in [5.41, 5.74) is 2.61. The molecule has 10 nitrogen and oxygen atoms in total. The number of aromatic nitrogens is 6. The Kier molecular flexibility index (Phi) is 5.25. The van der Waals surface area contributed by atoms with Gasteiger partial charge in [-0.1, -0.05) is 0 Å². The van der Waals surface area contributed by atoms with E-state index in [1.54, 1.807) is 46.6 Å². The van der Waals surface area contributed by atoms with E-state index >= 15 is 0 Å². The minimum Gasteiger partial charge on any atom is -0.326 e. The number of carbonyl (C=O) groups excluding carboxylic acids is 1. The molecule has 0 radical (unpaired) electrons. The number of fused-ring (bicyclic) bond motifs is 4. The zero-order valence-corrected chi connectivity index (χ0v) is 19.5. The molecule has 6 rings (SSSR count). The van der Waals surface area contributed by atoms with Gasteiger partial charge in [-0.05, 0) is 55.5 Å². The third-order valence-electron chi connectivity index (χ3n) is 6.29. The lowest BCUT2D eigenvalue weighted by Crippen LogP contribution is -2.24. The molecule has 0 atom stereocenters. The molecular weight excluding hydrogens is 466 g/mol. The standard InChI is InChI=1S/C24H21N7O3S/c32-19(9-10-30-13-27-23-20(24(30)34)16-3-1-2-4-18(16)35-23)29-14-5-7-15(8-6-14)31-21-17(11-28-31)22(33)26-12-25-21/h5-8,11-13H,1-4,9-10H2,(H,29,32)(H,25,26,33). The molecular formula is C24H21N7O3S. The highest BCUT2D eigenvalue weighted by molar-refractivity contribution is 7.18. The Morgan fingerprint density at radius 2 is 1.94 bits per heavy atom.